The minimum atomic E-state index is -0.579. The molecule has 144 valence electrons. The van der Waals surface area contributed by atoms with Crippen molar-refractivity contribution in [1.82, 2.24) is 4.90 Å². The third-order valence-corrected chi connectivity index (χ3v) is 4.71. The number of benzene rings is 2. The Morgan fingerprint density at radius 2 is 1.79 bits per heavy atom. The largest absolute Gasteiger partial charge is 0.339 e. The molecule has 0 atom stereocenters. The molecule has 0 spiro atoms. The first-order valence-corrected chi connectivity index (χ1v) is 9.14. The van der Waals surface area contributed by atoms with E-state index in [1.54, 1.807) is 30.3 Å². The summed E-state index contributed by atoms with van der Waals surface area (Å²) in [6, 6.07) is 11.0. The number of carbonyl (C=O) groups excluding carboxylic acids is 2. The maximum absolute atomic E-state index is 12.3. The number of nitro benzene ring substituents is 1. The Morgan fingerprint density at radius 3 is 2.43 bits per heavy atom. The second kappa shape index (κ2) is 8.67. The minimum absolute atomic E-state index is 0.000366. The second-order valence-corrected chi connectivity index (χ2v) is 6.77. The van der Waals surface area contributed by atoms with Gasteiger partial charge in [0, 0.05) is 36.5 Å². The first-order chi connectivity index (χ1) is 13.4. The molecule has 0 aliphatic carbocycles. The van der Waals surface area contributed by atoms with Gasteiger partial charge in [-0.25, -0.2) is 0 Å². The Bertz CT molecular complexity index is 935. The summed E-state index contributed by atoms with van der Waals surface area (Å²) in [5, 5.41) is 13.6. The number of rotatable bonds is 5. The third-order valence-electron chi connectivity index (χ3n) is 4.39. The van der Waals surface area contributed by atoms with Crippen molar-refractivity contribution in [3.8, 4) is 0 Å². The Kier molecular flexibility index (Phi) is 6.06. The van der Waals surface area contributed by atoms with E-state index in [2.05, 4.69) is 5.32 Å². The molecular weight excluding hydrogens is 382 g/mol. The van der Waals surface area contributed by atoms with Gasteiger partial charge in [-0.2, -0.15) is 0 Å². The van der Waals surface area contributed by atoms with Crippen molar-refractivity contribution >= 4 is 40.9 Å². The fraction of sp³-hybridized carbons (Fsp3) is 0.200. The molecule has 0 bridgehead atoms. The van der Waals surface area contributed by atoms with Crippen LogP contribution in [0.25, 0.3) is 6.08 Å². The number of hydrogen-bond acceptors (Lipinski definition) is 4. The zero-order chi connectivity index (χ0) is 20.1. The number of nitrogens with one attached hydrogen (secondary N) is 1. The van der Waals surface area contributed by atoms with E-state index < -0.39 is 10.8 Å². The highest BCUT2D eigenvalue weighted by atomic mass is 35.5. The van der Waals surface area contributed by atoms with Crippen LogP contribution >= 0.6 is 11.6 Å². The molecule has 0 radical (unpaired) electrons. The maximum atomic E-state index is 12.3. The number of carbonyl (C=O) groups is 2. The highest BCUT2D eigenvalue weighted by Crippen LogP contribution is 2.25. The van der Waals surface area contributed by atoms with Gasteiger partial charge in [-0.3, -0.25) is 19.7 Å². The summed E-state index contributed by atoms with van der Waals surface area (Å²) in [5.41, 5.74) is 1.40. The van der Waals surface area contributed by atoms with E-state index in [9.17, 15) is 19.7 Å². The summed E-state index contributed by atoms with van der Waals surface area (Å²) in [4.78, 5) is 36.5. The summed E-state index contributed by atoms with van der Waals surface area (Å²) in [6.07, 6.45) is 4.80. The van der Waals surface area contributed by atoms with Crippen molar-refractivity contribution < 1.29 is 14.5 Å². The molecule has 2 amide bonds. The molecule has 1 aliphatic rings. The predicted molar refractivity (Wildman–Crippen MR) is 107 cm³/mol. The van der Waals surface area contributed by atoms with Crippen LogP contribution < -0.4 is 5.32 Å². The highest BCUT2D eigenvalue weighted by Gasteiger charge is 2.19. The molecule has 3 rings (SSSR count). The summed E-state index contributed by atoms with van der Waals surface area (Å²) in [7, 11) is 0. The zero-order valence-electron chi connectivity index (χ0n) is 14.9. The number of nitro groups is 1. The SMILES string of the molecule is O=C(/C=C/c1ccc(Cl)c([N+](=O)[O-])c1)Nc1ccc(C(=O)N2CCCC2)cc1. The Morgan fingerprint density at radius 1 is 1.11 bits per heavy atom. The fourth-order valence-corrected chi connectivity index (χ4v) is 3.11. The molecule has 28 heavy (non-hydrogen) atoms. The van der Waals surface area contributed by atoms with Gasteiger partial charge < -0.3 is 10.2 Å². The average molecular weight is 400 g/mol. The summed E-state index contributed by atoms with van der Waals surface area (Å²) >= 11 is 5.77. The number of nitrogens with zero attached hydrogens (tertiary/aromatic N) is 2. The monoisotopic (exact) mass is 399 g/mol. The van der Waals surface area contributed by atoms with Crippen molar-refractivity contribution in [2.75, 3.05) is 18.4 Å². The number of amides is 2. The molecule has 2 aromatic carbocycles. The maximum Gasteiger partial charge on any atom is 0.288 e. The van der Waals surface area contributed by atoms with E-state index in [0.717, 1.165) is 25.9 Å². The first kappa shape index (κ1) is 19.6. The summed E-state index contributed by atoms with van der Waals surface area (Å²) < 4.78 is 0. The van der Waals surface area contributed by atoms with Crippen molar-refractivity contribution in [3.05, 3.63) is 74.8 Å². The van der Waals surface area contributed by atoms with Crippen molar-refractivity contribution in [2.24, 2.45) is 0 Å². The first-order valence-electron chi connectivity index (χ1n) is 8.76. The van der Waals surface area contributed by atoms with Crippen molar-refractivity contribution in [2.45, 2.75) is 12.8 Å². The van der Waals surface area contributed by atoms with Crippen LogP contribution in [0.3, 0.4) is 0 Å². The van der Waals surface area contributed by atoms with Gasteiger partial charge in [0.2, 0.25) is 5.91 Å². The quantitative estimate of drug-likeness (QED) is 0.464. The standard InChI is InChI=1S/C20H18ClN3O4/c21-17-9-3-14(13-18(17)24(27)28)4-10-19(25)22-16-7-5-15(6-8-16)20(26)23-11-1-2-12-23/h3-10,13H,1-2,11-12H2,(H,22,25)/b10-4+. The molecule has 1 heterocycles. The Labute approximate surface area is 166 Å². The van der Waals surface area contributed by atoms with Crippen molar-refractivity contribution in [1.29, 1.82) is 0 Å². The number of halogens is 1. The Hall–Kier alpha value is -3.19. The highest BCUT2D eigenvalue weighted by molar-refractivity contribution is 6.32. The van der Waals surface area contributed by atoms with Gasteiger partial charge in [0.1, 0.15) is 5.02 Å². The van der Waals surface area contributed by atoms with Crippen LogP contribution in [0.4, 0.5) is 11.4 Å². The number of likely N-dealkylation sites (tertiary alicyclic amines) is 1. The van der Waals surface area contributed by atoms with Gasteiger partial charge in [-0.1, -0.05) is 17.7 Å². The van der Waals surface area contributed by atoms with Gasteiger partial charge in [-0.15, -0.1) is 0 Å². The van der Waals surface area contributed by atoms with Crippen LogP contribution in [-0.4, -0.2) is 34.7 Å². The normalized spacial score (nSPS) is 13.7. The van der Waals surface area contributed by atoms with Gasteiger partial charge in [0.25, 0.3) is 11.6 Å². The number of hydrogen-bond donors (Lipinski definition) is 1. The van der Waals surface area contributed by atoms with Crippen LogP contribution in [0.5, 0.6) is 0 Å². The molecule has 8 heteroatoms. The van der Waals surface area contributed by atoms with Crippen LogP contribution in [0.1, 0.15) is 28.8 Å². The fourth-order valence-electron chi connectivity index (χ4n) is 2.93. The molecule has 1 aliphatic heterocycles. The van der Waals surface area contributed by atoms with Gasteiger partial charge in [0.15, 0.2) is 0 Å². The number of anilines is 1. The topological polar surface area (TPSA) is 92.5 Å². The van der Waals surface area contributed by atoms with E-state index in [1.807, 2.05) is 4.90 Å². The predicted octanol–water partition coefficient (Wildman–Crippen LogP) is 4.14. The molecule has 0 unspecified atom stereocenters. The van der Waals surface area contributed by atoms with Crippen LogP contribution in [0.15, 0.2) is 48.5 Å². The molecule has 0 aromatic heterocycles. The lowest BCUT2D eigenvalue weighted by atomic mass is 10.1. The van der Waals surface area contributed by atoms with Crippen molar-refractivity contribution in [3.63, 3.8) is 0 Å². The van der Waals surface area contributed by atoms with E-state index in [0.29, 0.717) is 16.8 Å². The molecular formula is C20H18ClN3O4. The smallest absolute Gasteiger partial charge is 0.288 e. The van der Waals surface area contributed by atoms with E-state index in [-0.39, 0.29) is 16.6 Å². The summed E-state index contributed by atoms with van der Waals surface area (Å²) in [6.45, 7) is 1.57. The zero-order valence-corrected chi connectivity index (χ0v) is 15.7. The van der Waals surface area contributed by atoms with Gasteiger partial charge in [0.05, 0.1) is 4.92 Å². The molecule has 1 N–H and O–H groups in total. The van der Waals surface area contributed by atoms with Crippen LogP contribution in [-0.2, 0) is 4.79 Å². The van der Waals surface area contributed by atoms with Crippen LogP contribution in [0, 0.1) is 10.1 Å². The van der Waals surface area contributed by atoms with Crippen LogP contribution in [0.2, 0.25) is 5.02 Å². The second-order valence-electron chi connectivity index (χ2n) is 6.37. The van der Waals surface area contributed by atoms with E-state index in [4.69, 9.17) is 11.6 Å². The molecule has 7 nitrogen and oxygen atoms in total. The molecule has 0 saturated carbocycles. The van der Waals surface area contributed by atoms with Gasteiger partial charge >= 0.3 is 0 Å². The Balaban J connectivity index is 1.61. The molecule has 1 fully saturated rings. The average Bonchev–Trinajstić information content (AvgIpc) is 3.22. The minimum Gasteiger partial charge on any atom is -0.339 e. The van der Waals surface area contributed by atoms with Gasteiger partial charge in [-0.05, 0) is 54.8 Å². The summed E-state index contributed by atoms with van der Waals surface area (Å²) in [5.74, 6) is -0.393. The lowest BCUT2D eigenvalue weighted by Gasteiger charge is -2.15. The van der Waals surface area contributed by atoms with E-state index in [1.165, 1.54) is 24.3 Å². The van der Waals surface area contributed by atoms with E-state index >= 15 is 0 Å². The molecule has 1 saturated heterocycles. The lowest BCUT2D eigenvalue weighted by molar-refractivity contribution is -0.384. The molecule has 2 aromatic rings. The lowest BCUT2D eigenvalue weighted by Crippen LogP contribution is -2.27. The third kappa shape index (κ3) is 4.75.